The van der Waals surface area contributed by atoms with E-state index in [2.05, 4.69) is 73.6 Å². The molecule has 3 heteroatoms. The van der Waals surface area contributed by atoms with Crippen molar-refractivity contribution in [1.29, 1.82) is 0 Å². The van der Waals surface area contributed by atoms with Crippen LogP contribution in [-0.2, 0) is 20.1 Å². The second-order valence-corrected chi connectivity index (χ2v) is 8.77. The predicted octanol–water partition coefficient (Wildman–Crippen LogP) is 4.58. The molecule has 0 saturated heterocycles. The van der Waals surface area contributed by atoms with Gasteiger partial charge < -0.3 is 9.31 Å². The Labute approximate surface area is 143 Å². The molecule has 2 nitrogen and oxygen atoms in total. The fourth-order valence-corrected chi connectivity index (χ4v) is 3.44. The second-order valence-electron chi connectivity index (χ2n) is 8.77. The number of hydrogen-bond donors (Lipinski definition) is 0. The first-order valence-electron chi connectivity index (χ1n) is 8.99. The van der Waals surface area contributed by atoms with Gasteiger partial charge in [0, 0.05) is 12.2 Å². The summed E-state index contributed by atoms with van der Waals surface area (Å²) in [5, 5.41) is 0. The summed E-state index contributed by atoms with van der Waals surface area (Å²) in [5.41, 5.74) is 4.52. The summed E-state index contributed by atoms with van der Waals surface area (Å²) in [4.78, 5) is 0. The van der Waals surface area contributed by atoms with E-state index in [4.69, 9.17) is 9.31 Å². The van der Waals surface area contributed by atoms with Crippen molar-refractivity contribution in [2.24, 2.45) is 0 Å². The average Bonchev–Trinajstić information content (AvgIpc) is 2.42. The van der Waals surface area contributed by atoms with Gasteiger partial charge in [0.05, 0.1) is 0 Å². The first kappa shape index (κ1) is 18.5. The summed E-state index contributed by atoms with van der Waals surface area (Å²) in [6.45, 7) is 17.6. The van der Waals surface area contributed by atoms with E-state index in [0.29, 0.717) is 0 Å². The van der Waals surface area contributed by atoms with Crippen molar-refractivity contribution in [2.75, 3.05) is 0 Å². The van der Waals surface area contributed by atoms with Gasteiger partial charge in [-0.3, -0.25) is 0 Å². The molecule has 0 bridgehead atoms. The lowest BCUT2D eigenvalue weighted by Crippen LogP contribution is -2.43. The largest absolute Gasteiger partial charge is 0.494 e. The van der Waals surface area contributed by atoms with Gasteiger partial charge in [-0.2, -0.15) is 0 Å². The van der Waals surface area contributed by atoms with Crippen LogP contribution in [0.4, 0.5) is 0 Å². The molecule has 0 unspecified atom stereocenters. The molecule has 0 saturated carbocycles. The van der Waals surface area contributed by atoms with Gasteiger partial charge in [0.15, 0.2) is 0 Å². The molecule has 0 atom stereocenters. The molecule has 0 spiro atoms. The van der Waals surface area contributed by atoms with Crippen LogP contribution in [0.15, 0.2) is 18.2 Å². The van der Waals surface area contributed by atoms with Crippen LogP contribution in [0.3, 0.4) is 0 Å². The lowest BCUT2D eigenvalue weighted by molar-refractivity contribution is 0.139. The maximum atomic E-state index is 6.04. The predicted molar refractivity (Wildman–Crippen MR) is 99.6 cm³/mol. The average molecular weight is 316 g/mol. The van der Waals surface area contributed by atoms with Gasteiger partial charge in [0.25, 0.3) is 0 Å². The molecule has 0 aromatic heterocycles. The molecule has 1 aliphatic rings. The van der Waals surface area contributed by atoms with Gasteiger partial charge in [0.1, 0.15) is 0 Å². The smallest absolute Gasteiger partial charge is 0.405 e. The van der Waals surface area contributed by atoms with E-state index in [1.54, 1.807) is 0 Å². The van der Waals surface area contributed by atoms with E-state index in [1.165, 1.54) is 24.0 Å². The molecule has 128 valence electrons. The molecule has 0 aliphatic heterocycles. The maximum Gasteiger partial charge on any atom is 0.494 e. The zero-order valence-corrected chi connectivity index (χ0v) is 16.2. The minimum atomic E-state index is -0.291. The summed E-state index contributed by atoms with van der Waals surface area (Å²) in [6.07, 6.45) is 2.73. The normalized spacial score (nSPS) is 19.0. The summed E-state index contributed by atoms with van der Waals surface area (Å²) in [6, 6.07) is 6.81. The van der Waals surface area contributed by atoms with E-state index in [1.807, 2.05) is 0 Å². The highest BCUT2D eigenvalue weighted by Gasteiger charge is 2.38. The van der Waals surface area contributed by atoms with Crippen molar-refractivity contribution in [3.8, 4) is 0 Å². The van der Waals surface area contributed by atoms with Crippen LogP contribution < -0.4 is 5.46 Å². The number of fused-ring (bicyclic) bond motifs is 1. The summed E-state index contributed by atoms with van der Waals surface area (Å²) in [5.74, 6) is 0. The molecule has 0 amide bonds. The zero-order chi connectivity index (χ0) is 17.4. The van der Waals surface area contributed by atoms with Crippen molar-refractivity contribution in [3.63, 3.8) is 0 Å². The Hall–Kier alpha value is -0.795. The molecular formula is C20H33BO2. The van der Waals surface area contributed by atoms with E-state index >= 15 is 0 Å². The van der Waals surface area contributed by atoms with Crippen LogP contribution in [0.2, 0.25) is 0 Å². The van der Waals surface area contributed by atoms with E-state index < -0.39 is 0 Å². The third-order valence-electron chi connectivity index (χ3n) is 4.94. The lowest BCUT2D eigenvalue weighted by atomic mass is 9.61. The molecule has 0 fully saturated rings. The monoisotopic (exact) mass is 316 g/mol. The standard InChI is InChI=1S/C20H33BO2/c1-14(2)22-21(23-15(3)4)16-9-10-17-18(13-16)20(7,8)12-11-19(17,5)6/h9-10,13-15H,11-12H2,1-8H3. The highest BCUT2D eigenvalue weighted by atomic mass is 16.6. The first-order valence-corrected chi connectivity index (χ1v) is 8.99. The molecular weight excluding hydrogens is 283 g/mol. The Kier molecular flexibility index (Phi) is 5.32. The molecule has 0 heterocycles. The highest BCUT2D eigenvalue weighted by molar-refractivity contribution is 6.61. The van der Waals surface area contributed by atoms with E-state index in [0.717, 1.165) is 5.46 Å². The van der Waals surface area contributed by atoms with Gasteiger partial charge in [0.2, 0.25) is 0 Å². The molecule has 2 rings (SSSR count). The summed E-state index contributed by atoms with van der Waals surface area (Å²) >= 11 is 0. The Morgan fingerprint density at radius 3 is 1.78 bits per heavy atom. The molecule has 0 N–H and O–H groups in total. The highest BCUT2D eigenvalue weighted by Crippen LogP contribution is 2.45. The molecule has 1 aromatic rings. The van der Waals surface area contributed by atoms with Crippen molar-refractivity contribution in [1.82, 2.24) is 0 Å². The van der Waals surface area contributed by atoms with Crippen LogP contribution in [0.5, 0.6) is 0 Å². The van der Waals surface area contributed by atoms with Gasteiger partial charge in [-0.1, -0.05) is 45.9 Å². The SMILES string of the molecule is CC(C)OB(OC(C)C)c1ccc2c(c1)C(C)(C)CCC2(C)C. The van der Waals surface area contributed by atoms with Gasteiger partial charge in [-0.25, -0.2) is 0 Å². The van der Waals surface area contributed by atoms with Crippen molar-refractivity contribution >= 4 is 12.6 Å². The zero-order valence-electron chi connectivity index (χ0n) is 16.2. The van der Waals surface area contributed by atoms with E-state index in [9.17, 15) is 0 Å². The minimum absolute atomic E-state index is 0.138. The third-order valence-corrected chi connectivity index (χ3v) is 4.94. The Balaban J connectivity index is 2.45. The molecule has 1 aliphatic carbocycles. The fourth-order valence-electron chi connectivity index (χ4n) is 3.44. The van der Waals surface area contributed by atoms with Crippen molar-refractivity contribution in [3.05, 3.63) is 29.3 Å². The molecule has 23 heavy (non-hydrogen) atoms. The van der Waals surface area contributed by atoms with Crippen molar-refractivity contribution < 1.29 is 9.31 Å². The second kappa shape index (κ2) is 6.60. The number of benzene rings is 1. The van der Waals surface area contributed by atoms with Crippen molar-refractivity contribution in [2.45, 2.75) is 91.3 Å². The number of rotatable bonds is 5. The van der Waals surface area contributed by atoms with E-state index in [-0.39, 0.29) is 30.2 Å². The van der Waals surface area contributed by atoms with Crippen LogP contribution in [-0.4, -0.2) is 19.3 Å². The van der Waals surface area contributed by atoms with Crippen LogP contribution in [0, 0.1) is 0 Å². The Morgan fingerprint density at radius 1 is 0.826 bits per heavy atom. The topological polar surface area (TPSA) is 18.5 Å². The summed E-state index contributed by atoms with van der Waals surface area (Å²) < 4.78 is 12.1. The maximum absolute atomic E-state index is 6.04. The lowest BCUT2D eigenvalue weighted by Gasteiger charge is -2.42. The summed E-state index contributed by atoms with van der Waals surface area (Å²) in [7, 11) is -0.291. The fraction of sp³-hybridized carbons (Fsp3) is 0.700. The minimum Gasteiger partial charge on any atom is -0.405 e. The van der Waals surface area contributed by atoms with Crippen LogP contribution in [0.25, 0.3) is 0 Å². The third kappa shape index (κ3) is 4.19. The molecule has 0 radical (unpaired) electrons. The van der Waals surface area contributed by atoms with Crippen LogP contribution in [0.1, 0.15) is 79.4 Å². The van der Waals surface area contributed by atoms with Gasteiger partial charge >= 0.3 is 7.12 Å². The Bertz CT molecular complexity index is 537. The quantitative estimate of drug-likeness (QED) is 0.740. The Morgan fingerprint density at radius 2 is 1.30 bits per heavy atom. The number of hydrogen-bond acceptors (Lipinski definition) is 2. The van der Waals surface area contributed by atoms with Gasteiger partial charge in [-0.15, -0.1) is 0 Å². The molecule has 1 aromatic carbocycles. The van der Waals surface area contributed by atoms with Crippen LogP contribution >= 0.6 is 0 Å². The van der Waals surface area contributed by atoms with Gasteiger partial charge in [-0.05, 0) is 68.0 Å². The first-order chi connectivity index (χ1) is 10.5.